The minimum atomic E-state index is -3.68. The van der Waals surface area contributed by atoms with E-state index in [9.17, 15) is 18.0 Å². The van der Waals surface area contributed by atoms with Crippen LogP contribution in [0.1, 0.15) is 27.7 Å². The minimum absolute atomic E-state index is 0.0791. The van der Waals surface area contributed by atoms with Crippen molar-refractivity contribution in [3.8, 4) is 5.75 Å². The molecular weight excluding hydrogens is 402 g/mol. The maximum absolute atomic E-state index is 12.8. The highest BCUT2D eigenvalue weighted by atomic mass is 32.2. The van der Waals surface area contributed by atoms with Gasteiger partial charge in [0.1, 0.15) is 12.3 Å². The predicted octanol–water partition coefficient (Wildman–Crippen LogP) is 1.98. The van der Waals surface area contributed by atoms with Crippen molar-refractivity contribution in [1.29, 1.82) is 0 Å². The number of hydrogen-bond donors (Lipinski definition) is 1. The Morgan fingerprint density at radius 1 is 1.32 bits per heavy atom. The number of carbonyl (C=O) groups is 2. The van der Waals surface area contributed by atoms with E-state index < -0.39 is 15.9 Å². The highest BCUT2D eigenvalue weighted by molar-refractivity contribution is 8.00. The molecule has 1 N–H and O–H groups in total. The molecular formula is C18H27N3O5S2. The Bertz CT molecular complexity index is 823. The fourth-order valence-electron chi connectivity index (χ4n) is 2.74. The number of nitrogens with zero attached hydrogens (tertiary/aromatic N) is 2. The molecule has 1 aliphatic heterocycles. The van der Waals surface area contributed by atoms with Crippen LogP contribution in [0.5, 0.6) is 5.75 Å². The molecule has 2 amide bonds. The van der Waals surface area contributed by atoms with Gasteiger partial charge in [-0.3, -0.25) is 9.59 Å². The lowest BCUT2D eigenvalue weighted by Crippen LogP contribution is -2.34. The number of thioether (sulfide) groups is 1. The highest BCUT2D eigenvalue weighted by Gasteiger charge is 2.25. The van der Waals surface area contributed by atoms with Crippen molar-refractivity contribution >= 4 is 39.3 Å². The zero-order valence-corrected chi connectivity index (χ0v) is 18.2. The molecule has 0 aliphatic carbocycles. The monoisotopic (exact) mass is 429 g/mol. The number of rotatable bonds is 9. The van der Waals surface area contributed by atoms with Crippen molar-refractivity contribution in [3.05, 3.63) is 18.2 Å². The summed E-state index contributed by atoms with van der Waals surface area (Å²) >= 11 is 1.45. The van der Waals surface area contributed by atoms with Crippen molar-refractivity contribution in [3.63, 3.8) is 0 Å². The molecule has 0 atom stereocenters. The van der Waals surface area contributed by atoms with E-state index in [0.717, 1.165) is 0 Å². The molecule has 1 heterocycles. The molecule has 28 heavy (non-hydrogen) atoms. The summed E-state index contributed by atoms with van der Waals surface area (Å²) in [6.45, 7) is 7.83. The molecule has 0 bridgehead atoms. The first-order valence-corrected chi connectivity index (χ1v) is 11.7. The van der Waals surface area contributed by atoms with Gasteiger partial charge in [0.05, 0.1) is 28.3 Å². The number of hydrogen-bond acceptors (Lipinski definition) is 6. The molecule has 1 aliphatic rings. The van der Waals surface area contributed by atoms with Gasteiger partial charge in [0.2, 0.25) is 21.8 Å². The van der Waals surface area contributed by atoms with Gasteiger partial charge in [-0.25, -0.2) is 8.42 Å². The quantitative estimate of drug-likeness (QED) is 0.645. The second-order valence-electron chi connectivity index (χ2n) is 6.53. The summed E-state index contributed by atoms with van der Waals surface area (Å²) in [7, 11) is -3.68. The topological polar surface area (TPSA) is 96.0 Å². The van der Waals surface area contributed by atoms with Crippen molar-refractivity contribution < 1.29 is 22.7 Å². The summed E-state index contributed by atoms with van der Waals surface area (Å²) in [4.78, 5) is 25.7. The van der Waals surface area contributed by atoms with E-state index in [1.165, 1.54) is 33.1 Å². The van der Waals surface area contributed by atoms with Crippen molar-refractivity contribution in [2.24, 2.45) is 0 Å². The van der Waals surface area contributed by atoms with Crippen LogP contribution in [0.2, 0.25) is 0 Å². The van der Waals surface area contributed by atoms with Crippen molar-refractivity contribution in [2.75, 3.05) is 36.6 Å². The number of amides is 2. The number of anilines is 1. The summed E-state index contributed by atoms with van der Waals surface area (Å²) in [5.41, 5.74) is 0.270. The number of nitrogens with one attached hydrogen (secondary N) is 1. The Labute approximate surface area is 170 Å². The van der Waals surface area contributed by atoms with E-state index in [1.807, 2.05) is 13.8 Å². The molecule has 1 fully saturated rings. The van der Waals surface area contributed by atoms with E-state index >= 15 is 0 Å². The first kappa shape index (κ1) is 22.5. The molecule has 0 saturated carbocycles. The lowest BCUT2D eigenvalue weighted by Gasteiger charge is -2.21. The van der Waals surface area contributed by atoms with Crippen LogP contribution in [0.4, 0.5) is 5.69 Å². The van der Waals surface area contributed by atoms with Gasteiger partial charge in [0, 0.05) is 13.1 Å². The van der Waals surface area contributed by atoms with Crippen molar-refractivity contribution in [2.45, 2.75) is 38.7 Å². The molecule has 1 saturated heterocycles. The van der Waals surface area contributed by atoms with Crippen LogP contribution in [0, 0.1) is 0 Å². The van der Waals surface area contributed by atoms with E-state index in [1.54, 1.807) is 19.9 Å². The second kappa shape index (κ2) is 9.62. The summed E-state index contributed by atoms with van der Waals surface area (Å²) in [5.74, 6) is 0.729. The molecule has 2 rings (SSSR count). The molecule has 0 aromatic heterocycles. The van der Waals surface area contributed by atoms with Gasteiger partial charge in [-0.15, -0.1) is 11.8 Å². The third-order valence-electron chi connectivity index (χ3n) is 4.09. The molecule has 8 nitrogen and oxygen atoms in total. The van der Waals surface area contributed by atoms with Crippen LogP contribution < -0.4 is 10.1 Å². The van der Waals surface area contributed by atoms with Gasteiger partial charge in [-0.05, 0) is 32.0 Å². The zero-order valence-electron chi connectivity index (χ0n) is 16.6. The summed E-state index contributed by atoms with van der Waals surface area (Å²) in [6, 6.07) is 4.42. The van der Waals surface area contributed by atoms with Gasteiger partial charge < -0.3 is 15.0 Å². The average Bonchev–Trinajstić information content (AvgIpc) is 3.01. The summed E-state index contributed by atoms with van der Waals surface area (Å²) in [6.07, 6.45) is -0.155. The molecule has 0 spiro atoms. The maximum atomic E-state index is 12.8. The van der Waals surface area contributed by atoms with Crippen LogP contribution >= 0.6 is 11.8 Å². The van der Waals surface area contributed by atoms with Gasteiger partial charge in [-0.1, -0.05) is 13.8 Å². The van der Waals surface area contributed by atoms with Crippen molar-refractivity contribution in [1.82, 2.24) is 9.21 Å². The third kappa shape index (κ3) is 5.39. The van der Waals surface area contributed by atoms with Gasteiger partial charge in [0.15, 0.2) is 0 Å². The van der Waals surface area contributed by atoms with Gasteiger partial charge >= 0.3 is 0 Å². The number of sulfonamides is 1. The molecule has 0 unspecified atom stereocenters. The molecule has 1 aromatic rings. The molecule has 1 aromatic carbocycles. The van der Waals surface area contributed by atoms with Crippen LogP contribution in [-0.2, 0) is 19.6 Å². The zero-order chi connectivity index (χ0) is 20.9. The fraction of sp³-hybridized carbons (Fsp3) is 0.556. The number of benzene rings is 1. The van der Waals surface area contributed by atoms with Crippen LogP contribution in [-0.4, -0.2) is 66.8 Å². The smallest absolute Gasteiger partial charge is 0.244 e. The maximum Gasteiger partial charge on any atom is 0.244 e. The first-order valence-electron chi connectivity index (χ1n) is 9.15. The van der Waals surface area contributed by atoms with E-state index in [4.69, 9.17) is 4.74 Å². The largest absolute Gasteiger partial charge is 0.489 e. The Balaban J connectivity index is 2.30. The summed E-state index contributed by atoms with van der Waals surface area (Å²) < 4.78 is 32.7. The Morgan fingerprint density at radius 3 is 2.54 bits per heavy atom. The molecule has 156 valence electrons. The van der Waals surface area contributed by atoms with E-state index in [0.29, 0.717) is 30.5 Å². The lowest BCUT2D eigenvalue weighted by atomic mass is 10.2. The Morgan fingerprint density at radius 2 is 2.00 bits per heavy atom. The van der Waals surface area contributed by atoms with E-state index in [2.05, 4.69) is 5.32 Å². The average molecular weight is 430 g/mol. The standard InChI is InChI=1S/C18H27N3O5S2/c1-5-21(6-2)28(24,25)14-7-8-16(26-13(3)4)15(9-14)19-17(22)10-20-12-27-11-18(20)23/h7-9,13H,5-6,10-12H2,1-4H3,(H,19,22). The fourth-order valence-corrected chi connectivity index (χ4v) is 5.13. The predicted molar refractivity (Wildman–Crippen MR) is 110 cm³/mol. The van der Waals surface area contributed by atoms with Crippen LogP contribution in [0.3, 0.4) is 0 Å². The SMILES string of the molecule is CCN(CC)S(=O)(=O)c1ccc(OC(C)C)c(NC(=O)CN2CSCC2=O)c1. The van der Waals surface area contributed by atoms with Crippen LogP contribution in [0.15, 0.2) is 23.1 Å². The number of carbonyl (C=O) groups excluding carboxylic acids is 2. The van der Waals surface area contributed by atoms with Gasteiger partial charge in [-0.2, -0.15) is 4.31 Å². The van der Waals surface area contributed by atoms with E-state index in [-0.39, 0.29) is 29.1 Å². The van der Waals surface area contributed by atoms with Gasteiger partial charge in [0.25, 0.3) is 0 Å². The first-order chi connectivity index (χ1) is 13.2. The Hall–Kier alpha value is -1.78. The second-order valence-corrected chi connectivity index (χ2v) is 9.42. The lowest BCUT2D eigenvalue weighted by molar-refractivity contribution is -0.130. The molecule has 10 heteroatoms. The summed E-state index contributed by atoms with van der Waals surface area (Å²) in [5, 5.41) is 2.70. The van der Waals surface area contributed by atoms with Crippen LogP contribution in [0.25, 0.3) is 0 Å². The third-order valence-corrected chi connectivity index (χ3v) is 7.08. The molecule has 0 radical (unpaired) electrons. The normalized spacial score (nSPS) is 14.8. The Kier molecular flexibility index (Phi) is 7.73. The minimum Gasteiger partial charge on any atom is -0.489 e. The number of ether oxygens (including phenoxy) is 1. The highest BCUT2D eigenvalue weighted by Crippen LogP contribution is 2.30.